The predicted octanol–water partition coefficient (Wildman–Crippen LogP) is 1.03. The van der Waals surface area contributed by atoms with Crippen molar-refractivity contribution in [2.45, 2.75) is 44.8 Å². The van der Waals surface area contributed by atoms with Crippen LogP contribution in [0.15, 0.2) is 12.2 Å². The van der Waals surface area contributed by atoms with Gasteiger partial charge in [0.1, 0.15) is 11.6 Å². The van der Waals surface area contributed by atoms with Gasteiger partial charge in [-0.25, -0.2) is 4.79 Å². The van der Waals surface area contributed by atoms with Crippen molar-refractivity contribution in [2.24, 2.45) is 0 Å². The number of hydrogen-bond donors (Lipinski definition) is 2. The fourth-order valence-corrected chi connectivity index (χ4v) is 2.37. The second-order valence-corrected chi connectivity index (χ2v) is 4.64. The van der Waals surface area contributed by atoms with Gasteiger partial charge in [-0.2, -0.15) is 0 Å². The second-order valence-electron chi connectivity index (χ2n) is 4.64. The van der Waals surface area contributed by atoms with Gasteiger partial charge in [-0.05, 0) is 26.7 Å². The number of nitrogens with zero attached hydrogens (tertiary/aromatic N) is 3. The molecule has 0 bridgehead atoms. The van der Waals surface area contributed by atoms with Crippen LogP contribution in [-0.4, -0.2) is 37.1 Å². The molecule has 0 radical (unpaired) electrons. The van der Waals surface area contributed by atoms with Crippen LogP contribution in [0.3, 0.4) is 0 Å². The van der Waals surface area contributed by atoms with Crippen molar-refractivity contribution < 1.29 is 15.0 Å². The molecule has 2 unspecified atom stereocenters. The number of allylic oxidation sites excluding steroid dienone is 2. The first-order valence-electron chi connectivity index (χ1n) is 5.99. The van der Waals surface area contributed by atoms with Crippen LogP contribution in [0, 0.1) is 6.92 Å². The molecule has 6 nitrogen and oxygen atoms in total. The van der Waals surface area contributed by atoms with Crippen LogP contribution in [0.1, 0.15) is 43.4 Å². The molecule has 1 heterocycles. The van der Waals surface area contributed by atoms with Crippen molar-refractivity contribution in [1.82, 2.24) is 14.8 Å². The van der Waals surface area contributed by atoms with E-state index in [-0.39, 0.29) is 5.92 Å². The average Bonchev–Trinajstić information content (AvgIpc) is 2.88. The lowest BCUT2D eigenvalue weighted by molar-refractivity contribution is -0.144. The summed E-state index contributed by atoms with van der Waals surface area (Å²) in [6.45, 7) is 3.17. The van der Waals surface area contributed by atoms with Gasteiger partial charge in [0.25, 0.3) is 0 Å². The van der Waals surface area contributed by atoms with Crippen molar-refractivity contribution in [3.8, 4) is 0 Å². The Morgan fingerprint density at radius 1 is 1.44 bits per heavy atom. The van der Waals surface area contributed by atoms with Gasteiger partial charge in [-0.15, -0.1) is 10.2 Å². The van der Waals surface area contributed by atoms with E-state index in [1.54, 1.807) is 11.5 Å². The molecule has 0 saturated heterocycles. The Morgan fingerprint density at radius 2 is 2.06 bits per heavy atom. The number of hydrogen-bond acceptors (Lipinski definition) is 4. The highest BCUT2D eigenvalue weighted by molar-refractivity contribution is 5.72. The highest BCUT2D eigenvalue weighted by Gasteiger charge is 2.32. The van der Waals surface area contributed by atoms with E-state index in [2.05, 4.69) is 22.3 Å². The van der Waals surface area contributed by atoms with Crippen LogP contribution in [0.4, 0.5) is 0 Å². The first-order chi connectivity index (χ1) is 8.52. The minimum atomic E-state index is -1.07. The number of rotatable bonds is 4. The molecule has 1 aromatic rings. The summed E-state index contributed by atoms with van der Waals surface area (Å²) < 4.78 is 1.55. The molecule has 0 aliphatic heterocycles. The van der Waals surface area contributed by atoms with Crippen molar-refractivity contribution >= 4 is 5.97 Å². The van der Waals surface area contributed by atoms with E-state index in [9.17, 15) is 15.0 Å². The first kappa shape index (κ1) is 12.8. The van der Waals surface area contributed by atoms with E-state index < -0.39 is 18.1 Å². The molecule has 2 N–H and O–H groups in total. The molecule has 0 amide bonds. The van der Waals surface area contributed by atoms with Gasteiger partial charge in [0, 0.05) is 5.92 Å². The van der Waals surface area contributed by atoms with Gasteiger partial charge in [0.05, 0.1) is 6.10 Å². The fourth-order valence-electron chi connectivity index (χ4n) is 2.37. The second kappa shape index (κ2) is 4.89. The molecular weight excluding hydrogens is 234 g/mol. The van der Waals surface area contributed by atoms with Crippen LogP contribution in [0.25, 0.3) is 0 Å². The molecule has 2 rings (SSSR count). The molecule has 18 heavy (non-hydrogen) atoms. The molecule has 6 heteroatoms. The summed E-state index contributed by atoms with van der Waals surface area (Å²) in [6, 6.07) is -1.03. The lowest BCUT2D eigenvalue weighted by Gasteiger charge is -2.21. The van der Waals surface area contributed by atoms with Gasteiger partial charge < -0.3 is 10.2 Å². The number of carboxylic acid groups (broad SMARTS) is 1. The Hall–Kier alpha value is -1.69. The topological polar surface area (TPSA) is 88.2 Å². The summed E-state index contributed by atoms with van der Waals surface area (Å²) in [5.41, 5.74) is 0. The van der Waals surface area contributed by atoms with E-state index >= 15 is 0 Å². The quantitative estimate of drug-likeness (QED) is 0.780. The normalized spacial score (nSPS) is 19.1. The third-order valence-corrected chi connectivity index (χ3v) is 3.25. The van der Waals surface area contributed by atoms with E-state index in [1.165, 1.54) is 6.92 Å². The van der Waals surface area contributed by atoms with Crippen LogP contribution < -0.4 is 0 Å². The Bertz CT molecular complexity index is 471. The summed E-state index contributed by atoms with van der Waals surface area (Å²) in [7, 11) is 0. The number of aryl methyl sites for hydroxylation is 1. The zero-order valence-corrected chi connectivity index (χ0v) is 10.4. The molecular formula is C12H17N3O3. The van der Waals surface area contributed by atoms with E-state index in [4.69, 9.17) is 0 Å². The van der Waals surface area contributed by atoms with Gasteiger partial charge >= 0.3 is 5.97 Å². The highest BCUT2D eigenvalue weighted by Crippen LogP contribution is 2.30. The Balaban J connectivity index is 2.41. The summed E-state index contributed by atoms with van der Waals surface area (Å²) in [5, 5.41) is 27.0. The standard InChI is InChI=1S/C12H17N3O3/c1-7(16)10(12(17)18)15-8(2)13-14-11(15)9-5-3-4-6-9/h3-4,7,9-10,16H,5-6H2,1-2H3,(H,17,18). The molecule has 2 atom stereocenters. The maximum atomic E-state index is 11.3. The van der Waals surface area contributed by atoms with Gasteiger partial charge in [-0.3, -0.25) is 4.57 Å². The SMILES string of the molecule is Cc1nnc(C2CC=CC2)n1C(C(=O)O)C(C)O. The van der Waals surface area contributed by atoms with E-state index in [0.29, 0.717) is 11.6 Å². The zero-order chi connectivity index (χ0) is 13.3. The number of aliphatic hydroxyl groups is 1. The van der Waals surface area contributed by atoms with Gasteiger partial charge in [-0.1, -0.05) is 12.2 Å². The third kappa shape index (κ3) is 2.15. The number of aliphatic carboxylic acids is 1. The minimum absolute atomic E-state index is 0.159. The van der Waals surface area contributed by atoms with Crippen LogP contribution in [0.5, 0.6) is 0 Å². The van der Waals surface area contributed by atoms with Gasteiger partial charge in [0.15, 0.2) is 6.04 Å². The Kier molecular flexibility index (Phi) is 3.47. The Morgan fingerprint density at radius 3 is 2.56 bits per heavy atom. The fraction of sp³-hybridized carbons (Fsp3) is 0.583. The van der Waals surface area contributed by atoms with Crippen molar-refractivity contribution in [3.05, 3.63) is 23.8 Å². The number of carboxylic acids is 1. The van der Waals surface area contributed by atoms with Crippen LogP contribution in [0.2, 0.25) is 0 Å². The molecule has 1 aliphatic rings. The Labute approximate surface area is 105 Å². The lowest BCUT2D eigenvalue weighted by atomic mass is 10.1. The summed E-state index contributed by atoms with van der Waals surface area (Å²) in [5.74, 6) is 0.253. The molecule has 1 aromatic heterocycles. The largest absolute Gasteiger partial charge is 0.480 e. The maximum Gasteiger partial charge on any atom is 0.329 e. The zero-order valence-electron chi connectivity index (χ0n) is 10.4. The van der Waals surface area contributed by atoms with Crippen molar-refractivity contribution in [1.29, 1.82) is 0 Å². The molecule has 0 aromatic carbocycles. The molecule has 0 fully saturated rings. The summed E-state index contributed by atoms with van der Waals surface area (Å²) in [6.07, 6.45) is 4.79. The van der Waals surface area contributed by atoms with Crippen molar-refractivity contribution in [3.63, 3.8) is 0 Å². The van der Waals surface area contributed by atoms with E-state index in [1.807, 2.05) is 0 Å². The number of carbonyl (C=O) groups is 1. The summed E-state index contributed by atoms with van der Waals surface area (Å²) in [4.78, 5) is 11.3. The molecule has 98 valence electrons. The summed E-state index contributed by atoms with van der Waals surface area (Å²) >= 11 is 0. The number of aromatic nitrogens is 3. The van der Waals surface area contributed by atoms with E-state index in [0.717, 1.165) is 12.8 Å². The van der Waals surface area contributed by atoms with Crippen molar-refractivity contribution in [2.75, 3.05) is 0 Å². The number of aliphatic hydroxyl groups excluding tert-OH is 1. The molecule has 0 spiro atoms. The third-order valence-electron chi connectivity index (χ3n) is 3.25. The lowest BCUT2D eigenvalue weighted by Crippen LogP contribution is -2.31. The highest BCUT2D eigenvalue weighted by atomic mass is 16.4. The smallest absolute Gasteiger partial charge is 0.329 e. The van der Waals surface area contributed by atoms with Crippen LogP contribution in [-0.2, 0) is 4.79 Å². The average molecular weight is 251 g/mol. The molecule has 0 saturated carbocycles. The maximum absolute atomic E-state index is 11.3. The van der Waals surface area contributed by atoms with Gasteiger partial charge in [0.2, 0.25) is 0 Å². The predicted molar refractivity (Wildman–Crippen MR) is 64.2 cm³/mol. The molecule has 1 aliphatic carbocycles. The van der Waals surface area contributed by atoms with Crippen LogP contribution >= 0.6 is 0 Å². The first-order valence-corrected chi connectivity index (χ1v) is 5.99. The monoisotopic (exact) mass is 251 g/mol. The minimum Gasteiger partial charge on any atom is -0.480 e.